The molecule has 0 bridgehead atoms. The average Bonchev–Trinajstić information content (AvgIpc) is 2.38. The molecule has 110 valence electrons. The van der Waals surface area contributed by atoms with E-state index in [1.807, 2.05) is 13.0 Å². The van der Waals surface area contributed by atoms with Gasteiger partial charge in [0.1, 0.15) is 5.75 Å². The Bertz CT molecular complexity index is 484. The predicted octanol–water partition coefficient (Wildman–Crippen LogP) is 2.10. The highest BCUT2D eigenvalue weighted by molar-refractivity contribution is 6.39. The zero-order valence-electron chi connectivity index (χ0n) is 12.4. The maximum atomic E-state index is 11.8. The highest BCUT2D eigenvalue weighted by Gasteiger charge is 2.15. The van der Waals surface area contributed by atoms with Crippen LogP contribution in [0, 0.1) is 12.8 Å². The third kappa shape index (κ3) is 4.91. The Morgan fingerprint density at radius 1 is 1.25 bits per heavy atom. The average molecular weight is 278 g/mol. The van der Waals surface area contributed by atoms with Crippen LogP contribution in [0.2, 0.25) is 0 Å². The molecule has 0 spiro atoms. The second-order valence-corrected chi connectivity index (χ2v) is 5.10. The van der Waals surface area contributed by atoms with Crippen LogP contribution >= 0.6 is 0 Å². The number of amides is 2. The van der Waals surface area contributed by atoms with Gasteiger partial charge in [-0.3, -0.25) is 9.59 Å². The van der Waals surface area contributed by atoms with E-state index in [2.05, 4.69) is 24.5 Å². The number of anilines is 1. The molecule has 0 radical (unpaired) electrons. The molecule has 0 saturated heterocycles. The van der Waals surface area contributed by atoms with E-state index in [-0.39, 0.29) is 0 Å². The highest BCUT2D eigenvalue weighted by Crippen LogP contribution is 2.24. The molecule has 0 fully saturated rings. The van der Waals surface area contributed by atoms with Crippen molar-refractivity contribution < 1.29 is 14.3 Å². The molecule has 5 heteroatoms. The number of hydrogen-bond acceptors (Lipinski definition) is 3. The molecular formula is C15H22N2O3. The van der Waals surface area contributed by atoms with Gasteiger partial charge in [-0.05, 0) is 37.0 Å². The molecule has 0 aliphatic rings. The topological polar surface area (TPSA) is 67.4 Å². The number of carbonyl (C=O) groups is 2. The van der Waals surface area contributed by atoms with Gasteiger partial charge in [0, 0.05) is 6.54 Å². The summed E-state index contributed by atoms with van der Waals surface area (Å²) < 4.78 is 5.15. The lowest BCUT2D eigenvalue weighted by molar-refractivity contribution is -0.136. The molecule has 0 aromatic heterocycles. The Kier molecular flexibility index (Phi) is 6.03. The summed E-state index contributed by atoms with van der Waals surface area (Å²) in [4.78, 5) is 23.4. The largest absolute Gasteiger partial charge is 0.495 e. The number of benzene rings is 1. The van der Waals surface area contributed by atoms with Crippen molar-refractivity contribution in [3.05, 3.63) is 23.8 Å². The fraction of sp³-hybridized carbons (Fsp3) is 0.467. The third-order valence-electron chi connectivity index (χ3n) is 2.82. The van der Waals surface area contributed by atoms with Gasteiger partial charge in [0.2, 0.25) is 0 Å². The molecule has 2 amide bonds. The number of rotatable bonds is 5. The predicted molar refractivity (Wildman–Crippen MR) is 78.8 cm³/mol. The summed E-state index contributed by atoms with van der Waals surface area (Å²) in [5.74, 6) is -0.305. The summed E-state index contributed by atoms with van der Waals surface area (Å²) in [6.07, 6.45) is 0.840. The standard InChI is InChI=1S/C15H22N2O3/c1-10(2)7-8-16-14(18)15(19)17-12-9-11(3)5-6-13(12)20-4/h5-6,9-10H,7-8H2,1-4H3,(H,16,18)(H,17,19). The molecule has 1 aromatic rings. The van der Waals surface area contributed by atoms with E-state index >= 15 is 0 Å². The van der Waals surface area contributed by atoms with E-state index in [4.69, 9.17) is 4.74 Å². The Hall–Kier alpha value is -2.04. The fourth-order valence-corrected chi connectivity index (χ4v) is 1.65. The van der Waals surface area contributed by atoms with Crippen LogP contribution < -0.4 is 15.4 Å². The van der Waals surface area contributed by atoms with Gasteiger partial charge in [-0.25, -0.2) is 0 Å². The Morgan fingerprint density at radius 2 is 1.95 bits per heavy atom. The van der Waals surface area contributed by atoms with Crippen LogP contribution in [0.25, 0.3) is 0 Å². The highest BCUT2D eigenvalue weighted by atomic mass is 16.5. The molecule has 0 aliphatic carbocycles. The lowest BCUT2D eigenvalue weighted by atomic mass is 10.1. The van der Waals surface area contributed by atoms with Crippen LogP contribution in [-0.4, -0.2) is 25.5 Å². The molecule has 0 atom stereocenters. The number of ether oxygens (including phenoxy) is 1. The second-order valence-electron chi connectivity index (χ2n) is 5.10. The number of carbonyl (C=O) groups excluding carboxylic acids is 2. The van der Waals surface area contributed by atoms with Gasteiger partial charge in [0.05, 0.1) is 12.8 Å². The van der Waals surface area contributed by atoms with E-state index in [0.717, 1.165) is 12.0 Å². The Balaban J connectivity index is 2.61. The van der Waals surface area contributed by atoms with Crippen molar-refractivity contribution in [2.75, 3.05) is 19.0 Å². The maximum absolute atomic E-state index is 11.8. The van der Waals surface area contributed by atoms with Crippen LogP contribution in [0.4, 0.5) is 5.69 Å². The number of methoxy groups -OCH3 is 1. The van der Waals surface area contributed by atoms with Crippen molar-refractivity contribution in [1.82, 2.24) is 5.32 Å². The fourth-order valence-electron chi connectivity index (χ4n) is 1.65. The van der Waals surface area contributed by atoms with Crippen LogP contribution in [-0.2, 0) is 9.59 Å². The van der Waals surface area contributed by atoms with Crippen molar-refractivity contribution in [3.63, 3.8) is 0 Å². The number of aryl methyl sites for hydroxylation is 1. The zero-order valence-corrected chi connectivity index (χ0v) is 12.4. The van der Waals surface area contributed by atoms with Crippen molar-refractivity contribution in [2.45, 2.75) is 27.2 Å². The van der Waals surface area contributed by atoms with E-state index in [1.54, 1.807) is 12.1 Å². The van der Waals surface area contributed by atoms with E-state index < -0.39 is 11.8 Å². The van der Waals surface area contributed by atoms with Crippen molar-refractivity contribution in [2.24, 2.45) is 5.92 Å². The van der Waals surface area contributed by atoms with Gasteiger partial charge in [-0.2, -0.15) is 0 Å². The SMILES string of the molecule is COc1ccc(C)cc1NC(=O)C(=O)NCCC(C)C. The molecule has 0 heterocycles. The quantitative estimate of drug-likeness (QED) is 0.811. The minimum absolute atomic E-state index is 0.482. The van der Waals surface area contributed by atoms with Crippen LogP contribution in [0.3, 0.4) is 0 Å². The van der Waals surface area contributed by atoms with Gasteiger partial charge in [0.25, 0.3) is 0 Å². The molecule has 1 aromatic carbocycles. The van der Waals surface area contributed by atoms with Crippen LogP contribution in [0.5, 0.6) is 5.75 Å². The summed E-state index contributed by atoms with van der Waals surface area (Å²) >= 11 is 0. The lowest BCUT2D eigenvalue weighted by Gasteiger charge is -2.11. The van der Waals surface area contributed by atoms with Crippen molar-refractivity contribution >= 4 is 17.5 Å². The van der Waals surface area contributed by atoms with Gasteiger partial charge in [0.15, 0.2) is 0 Å². The van der Waals surface area contributed by atoms with Gasteiger partial charge in [-0.1, -0.05) is 19.9 Å². The summed E-state index contributed by atoms with van der Waals surface area (Å²) in [5, 5.41) is 5.16. The van der Waals surface area contributed by atoms with Gasteiger partial charge < -0.3 is 15.4 Å². The van der Waals surface area contributed by atoms with Gasteiger partial charge in [-0.15, -0.1) is 0 Å². The minimum atomic E-state index is -0.683. The molecule has 1 rings (SSSR count). The summed E-state index contributed by atoms with van der Waals surface area (Å²) in [6, 6.07) is 5.39. The van der Waals surface area contributed by atoms with E-state index in [0.29, 0.717) is 23.9 Å². The summed E-state index contributed by atoms with van der Waals surface area (Å²) in [6.45, 7) is 6.51. The first kappa shape index (κ1) is 16.0. The first-order valence-corrected chi connectivity index (χ1v) is 6.68. The normalized spacial score (nSPS) is 10.2. The summed E-state index contributed by atoms with van der Waals surface area (Å²) in [5.41, 5.74) is 1.47. The van der Waals surface area contributed by atoms with Crippen LogP contribution in [0.1, 0.15) is 25.8 Å². The second kappa shape index (κ2) is 7.53. The smallest absolute Gasteiger partial charge is 0.313 e. The van der Waals surface area contributed by atoms with E-state index in [9.17, 15) is 9.59 Å². The van der Waals surface area contributed by atoms with Crippen molar-refractivity contribution in [1.29, 1.82) is 0 Å². The van der Waals surface area contributed by atoms with E-state index in [1.165, 1.54) is 7.11 Å². The Labute approximate surface area is 119 Å². The lowest BCUT2D eigenvalue weighted by Crippen LogP contribution is -2.36. The molecule has 0 saturated carbocycles. The maximum Gasteiger partial charge on any atom is 0.313 e. The summed E-state index contributed by atoms with van der Waals surface area (Å²) in [7, 11) is 1.52. The number of hydrogen-bond donors (Lipinski definition) is 2. The third-order valence-corrected chi connectivity index (χ3v) is 2.82. The molecule has 2 N–H and O–H groups in total. The minimum Gasteiger partial charge on any atom is -0.495 e. The van der Waals surface area contributed by atoms with Crippen LogP contribution in [0.15, 0.2) is 18.2 Å². The first-order chi connectivity index (χ1) is 9.43. The molecule has 0 aliphatic heterocycles. The van der Waals surface area contributed by atoms with Crippen molar-refractivity contribution in [3.8, 4) is 5.75 Å². The molecular weight excluding hydrogens is 256 g/mol. The monoisotopic (exact) mass is 278 g/mol. The van der Waals surface area contributed by atoms with Gasteiger partial charge >= 0.3 is 11.8 Å². The molecule has 0 unspecified atom stereocenters. The first-order valence-electron chi connectivity index (χ1n) is 6.68. The zero-order chi connectivity index (χ0) is 15.1. The molecule has 20 heavy (non-hydrogen) atoms. The Morgan fingerprint density at radius 3 is 2.55 bits per heavy atom. The number of nitrogens with one attached hydrogen (secondary N) is 2. The molecule has 5 nitrogen and oxygen atoms in total.